The van der Waals surface area contributed by atoms with Crippen LogP contribution in [0, 0.1) is 5.92 Å². The molecule has 2 saturated heterocycles. The highest BCUT2D eigenvalue weighted by Crippen LogP contribution is 2.35. The van der Waals surface area contributed by atoms with Crippen LogP contribution in [0.15, 0.2) is 18.2 Å². The van der Waals surface area contributed by atoms with Crippen molar-refractivity contribution >= 4 is 11.8 Å². The molecule has 1 unspecified atom stereocenters. The molecule has 2 fully saturated rings. The number of hydrogen-bond donors (Lipinski definition) is 1. The van der Waals surface area contributed by atoms with Gasteiger partial charge in [0.15, 0.2) is 11.5 Å². The third-order valence-electron chi connectivity index (χ3n) is 4.63. The van der Waals surface area contributed by atoms with Gasteiger partial charge in [-0.05, 0) is 74.2 Å². The zero-order valence-electron chi connectivity index (χ0n) is 13.5. The number of para-hydroxylation sites is 1. The molecule has 0 aromatic heterocycles. The zero-order valence-corrected chi connectivity index (χ0v) is 14.3. The molecule has 0 bridgehead atoms. The number of hydrogen-bond acceptors (Lipinski definition) is 4. The summed E-state index contributed by atoms with van der Waals surface area (Å²) in [6.07, 6.45) is 6.30. The summed E-state index contributed by atoms with van der Waals surface area (Å²) in [6, 6.07) is 6.36. The van der Waals surface area contributed by atoms with Crippen LogP contribution in [-0.2, 0) is 6.42 Å². The molecule has 2 aliphatic heterocycles. The van der Waals surface area contributed by atoms with Gasteiger partial charge in [0.2, 0.25) is 0 Å². The summed E-state index contributed by atoms with van der Waals surface area (Å²) >= 11 is 2.03. The van der Waals surface area contributed by atoms with E-state index in [-0.39, 0.29) is 0 Å². The molecule has 1 N–H and O–H groups in total. The van der Waals surface area contributed by atoms with Gasteiger partial charge in [0.05, 0.1) is 7.11 Å². The van der Waals surface area contributed by atoms with E-state index in [2.05, 4.69) is 23.5 Å². The first-order chi connectivity index (χ1) is 10.9. The van der Waals surface area contributed by atoms with E-state index < -0.39 is 0 Å². The van der Waals surface area contributed by atoms with Crippen molar-refractivity contribution in [2.75, 3.05) is 31.7 Å². The Labute approximate surface area is 138 Å². The Hall–Kier alpha value is -0.870. The zero-order chi connectivity index (χ0) is 15.2. The summed E-state index contributed by atoms with van der Waals surface area (Å²) in [6.45, 7) is 2.28. The average molecular weight is 321 g/mol. The Balaban J connectivity index is 1.71. The Morgan fingerprint density at radius 2 is 2.09 bits per heavy atom. The van der Waals surface area contributed by atoms with Gasteiger partial charge in [0.25, 0.3) is 0 Å². The van der Waals surface area contributed by atoms with Crippen LogP contribution in [-0.4, -0.2) is 37.8 Å². The molecule has 0 amide bonds. The van der Waals surface area contributed by atoms with Crippen LogP contribution in [0.3, 0.4) is 0 Å². The minimum Gasteiger partial charge on any atom is -0.493 e. The van der Waals surface area contributed by atoms with E-state index in [1.165, 1.54) is 29.9 Å². The summed E-state index contributed by atoms with van der Waals surface area (Å²) < 4.78 is 12.0. The van der Waals surface area contributed by atoms with Crippen molar-refractivity contribution in [2.45, 2.75) is 38.2 Å². The van der Waals surface area contributed by atoms with Gasteiger partial charge < -0.3 is 14.8 Å². The lowest BCUT2D eigenvalue weighted by atomic mass is 9.92. The van der Waals surface area contributed by atoms with Crippen LogP contribution >= 0.6 is 11.8 Å². The summed E-state index contributed by atoms with van der Waals surface area (Å²) in [5, 5.41) is 3.50. The molecule has 0 aliphatic carbocycles. The number of ether oxygens (including phenoxy) is 2. The first-order valence-corrected chi connectivity index (χ1v) is 9.63. The molecular formula is C18H27NO2S. The maximum absolute atomic E-state index is 6.25. The van der Waals surface area contributed by atoms with Crippen molar-refractivity contribution in [2.24, 2.45) is 5.92 Å². The van der Waals surface area contributed by atoms with Crippen LogP contribution in [0.4, 0.5) is 0 Å². The second-order valence-electron chi connectivity index (χ2n) is 6.29. The molecule has 22 heavy (non-hydrogen) atoms. The fourth-order valence-electron chi connectivity index (χ4n) is 3.43. The molecule has 1 aromatic rings. The Bertz CT molecular complexity index is 430. The normalized spacial score (nSPS) is 23.2. The average Bonchev–Trinajstić information content (AvgIpc) is 2.57. The lowest BCUT2D eigenvalue weighted by molar-refractivity contribution is 0.184. The molecule has 1 aromatic carbocycles. The summed E-state index contributed by atoms with van der Waals surface area (Å²) in [7, 11) is 1.77. The molecule has 0 spiro atoms. The second-order valence-corrected chi connectivity index (χ2v) is 7.52. The van der Waals surface area contributed by atoms with Crippen LogP contribution in [0.1, 0.15) is 31.2 Å². The molecule has 0 radical (unpaired) electrons. The van der Waals surface area contributed by atoms with E-state index in [0.717, 1.165) is 43.9 Å². The van der Waals surface area contributed by atoms with Gasteiger partial charge in [0.1, 0.15) is 6.10 Å². The predicted molar refractivity (Wildman–Crippen MR) is 93.3 cm³/mol. The van der Waals surface area contributed by atoms with Gasteiger partial charge >= 0.3 is 0 Å². The number of piperidine rings is 1. The number of rotatable bonds is 5. The standard InChI is InChI=1S/C18H27NO2S/c1-20-18-15(12-14-4-3-9-19-13-14)5-2-6-17(18)21-16-7-10-22-11-8-16/h2,5-6,14,16,19H,3-4,7-13H2,1H3. The first-order valence-electron chi connectivity index (χ1n) is 8.48. The fraction of sp³-hybridized carbons (Fsp3) is 0.667. The molecule has 2 heterocycles. The quantitative estimate of drug-likeness (QED) is 0.899. The van der Waals surface area contributed by atoms with Crippen molar-refractivity contribution in [3.05, 3.63) is 23.8 Å². The smallest absolute Gasteiger partial charge is 0.163 e. The Morgan fingerprint density at radius 3 is 2.82 bits per heavy atom. The molecular weight excluding hydrogens is 294 g/mol. The van der Waals surface area contributed by atoms with E-state index >= 15 is 0 Å². The van der Waals surface area contributed by atoms with Crippen molar-refractivity contribution in [1.29, 1.82) is 0 Å². The van der Waals surface area contributed by atoms with Gasteiger partial charge in [-0.25, -0.2) is 0 Å². The van der Waals surface area contributed by atoms with Gasteiger partial charge in [-0.2, -0.15) is 11.8 Å². The lowest BCUT2D eigenvalue weighted by Gasteiger charge is -2.26. The number of thioether (sulfide) groups is 1. The van der Waals surface area contributed by atoms with E-state index in [1.807, 2.05) is 11.8 Å². The van der Waals surface area contributed by atoms with E-state index in [0.29, 0.717) is 12.0 Å². The number of nitrogens with one attached hydrogen (secondary N) is 1. The second kappa shape index (κ2) is 8.11. The molecule has 2 aliphatic rings. The Kier molecular flexibility index (Phi) is 5.90. The monoisotopic (exact) mass is 321 g/mol. The highest BCUT2D eigenvalue weighted by molar-refractivity contribution is 7.99. The predicted octanol–water partition coefficient (Wildman–Crippen LogP) is 3.51. The van der Waals surface area contributed by atoms with Crippen molar-refractivity contribution in [3.8, 4) is 11.5 Å². The van der Waals surface area contributed by atoms with Crippen LogP contribution in [0.2, 0.25) is 0 Å². The molecule has 0 saturated carbocycles. The third-order valence-corrected chi connectivity index (χ3v) is 5.68. The summed E-state index contributed by atoms with van der Waals surface area (Å²) in [5.41, 5.74) is 1.29. The summed E-state index contributed by atoms with van der Waals surface area (Å²) in [4.78, 5) is 0. The van der Waals surface area contributed by atoms with Gasteiger partial charge in [-0.15, -0.1) is 0 Å². The van der Waals surface area contributed by atoms with Crippen LogP contribution in [0.25, 0.3) is 0 Å². The number of methoxy groups -OCH3 is 1. The van der Waals surface area contributed by atoms with Gasteiger partial charge in [-0.3, -0.25) is 0 Å². The molecule has 3 rings (SSSR count). The topological polar surface area (TPSA) is 30.5 Å². The molecule has 3 nitrogen and oxygen atoms in total. The summed E-state index contributed by atoms with van der Waals surface area (Å²) in [5.74, 6) is 5.01. The van der Waals surface area contributed by atoms with Gasteiger partial charge in [0, 0.05) is 0 Å². The Morgan fingerprint density at radius 1 is 1.23 bits per heavy atom. The largest absolute Gasteiger partial charge is 0.493 e. The minimum absolute atomic E-state index is 0.349. The first kappa shape index (κ1) is 16.0. The van der Waals surface area contributed by atoms with Gasteiger partial charge in [-0.1, -0.05) is 12.1 Å². The fourth-order valence-corrected chi connectivity index (χ4v) is 4.49. The molecule has 4 heteroatoms. The van der Waals surface area contributed by atoms with E-state index in [1.54, 1.807) is 7.11 Å². The third kappa shape index (κ3) is 4.11. The van der Waals surface area contributed by atoms with Crippen molar-refractivity contribution in [3.63, 3.8) is 0 Å². The number of benzene rings is 1. The highest BCUT2D eigenvalue weighted by atomic mass is 32.2. The van der Waals surface area contributed by atoms with E-state index in [9.17, 15) is 0 Å². The minimum atomic E-state index is 0.349. The SMILES string of the molecule is COc1c(CC2CCCNC2)cccc1OC1CCSCC1. The highest BCUT2D eigenvalue weighted by Gasteiger charge is 2.20. The van der Waals surface area contributed by atoms with Crippen molar-refractivity contribution < 1.29 is 9.47 Å². The van der Waals surface area contributed by atoms with Crippen LogP contribution < -0.4 is 14.8 Å². The molecule has 122 valence electrons. The lowest BCUT2D eigenvalue weighted by Crippen LogP contribution is -2.31. The maximum atomic E-state index is 6.25. The van der Waals surface area contributed by atoms with E-state index in [4.69, 9.17) is 9.47 Å². The maximum Gasteiger partial charge on any atom is 0.163 e. The molecule has 1 atom stereocenters. The van der Waals surface area contributed by atoms with Crippen molar-refractivity contribution in [1.82, 2.24) is 5.32 Å². The van der Waals surface area contributed by atoms with Crippen LogP contribution in [0.5, 0.6) is 11.5 Å².